The third-order valence-corrected chi connectivity index (χ3v) is 16.7. The molecule has 1 heterocycles. The van der Waals surface area contributed by atoms with Crippen molar-refractivity contribution in [3.8, 4) is 5.75 Å². The van der Waals surface area contributed by atoms with Gasteiger partial charge in [-0.2, -0.15) is 0 Å². The van der Waals surface area contributed by atoms with Crippen molar-refractivity contribution < 1.29 is 67.7 Å². The van der Waals surface area contributed by atoms with Crippen molar-refractivity contribution in [3.05, 3.63) is 65.7 Å². The van der Waals surface area contributed by atoms with Gasteiger partial charge in [0.05, 0.1) is 12.6 Å². The average molecular weight is 1430 g/mol. The SMILES string of the molecule is CC[C@H](C)[C@H](NC(=O)[C@H](CCCN=C(N)N)NC(=O)[C@H](CCCN=C(N)N)NC(=O)[C@H](CC(C)C)NC(=O)[C@H](Cc1ccccc1)NC(=O)[C@@H](CCC(=O)O)NC(=O)CNC(=O)[C@@H](N)Cc1ccc(O)cc1)C(=O)N[C@@H](CCCN=C(N)N)C(=O)N1CCC[C@H]1C(=O)N[C@@H](CCCCN)C(N)=O. The number of aromatic hydroxyl groups is 1. The Morgan fingerprint density at radius 3 is 1.54 bits per heavy atom. The van der Waals surface area contributed by atoms with Gasteiger partial charge in [0.25, 0.3) is 0 Å². The third-order valence-electron chi connectivity index (χ3n) is 16.7. The number of phenols is 1. The molecule has 11 amide bonds. The summed E-state index contributed by atoms with van der Waals surface area (Å²) in [7, 11) is 0. The van der Waals surface area contributed by atoms with Crippen LogP contribution in [0.25, 0.3) is 0 Å². The molecular weight excluding hydrogens is 1320 g/mol. The monoisotopic (exact) mass is 1430 g/mol. The molecule has 0 spiro atoms. The Morgan fingerprint density at radius 1 is 0.539 bits per heavy atom. The minimum Gasteiger partial charge on any atom is -0.508 e. The van der Waals surface area contributed by atoms with Gasteiger partial charge >= 0.3 is 5.97 Å². The Morgan fingerprint density at radius 2 is 1.02 bits per heavy atom. The second-order valence-electron chi connectivity index (χ2n) is 25.5. The molecule has 2 aromatic rings. The van der Waals surface area contributed by atoms with Gasteiger partial charge in [0.1, 0.15) is 60.1 Å². The summed E-state index contributed by atoms with van der Waals surface area (Å²) in [5, 5.41) is 43.0. The lowest BCUT2D eigenvalue weighted by Crippen LogP contribution is -2.61. The number of benzene rings is 2. The molecule has 0 unspecified atom stereocenters. The van der Waals surface area contributed by atoms with Gasteiger partial charge in [-0.1, -0.05) is 76.6 Å². The molecule has 11 atom stereocenters. The molecule has 29 N–H and O–H groups in total. The van der Waals surface area contributed by atoms with Gasteiger partial charge in [-0.15, -0.1) is 0 Å². The predicted octanol–water partition coefficient (Wildman–Crippen LogP) is -4.78. The van der Waals surface area contributed by atoms with Gasteiger partial charge in [0.2, 0.25) is 65.0 Å². The summed E-state index contributed by atoms with van der Waals surface area (Å²) in [5.74, 6) is -12.1. The molecule has 1 aliphatic rings. The van der Waals surface area contributed by atoms with Crippen LogP contribution in [0.15, 0.2) is 69.6 Å². The Balaban J connectivity index is 1.99. The molecule has 3 rings (SSSR count). The zero-order valence-electron chi connectivity index (χ0n) is 58.7. The van der Waals surface area contributed by atoms with Crippen molar-refractivity contribution >= 4 is 88.8 Å². The summed E-state index contributed by atoms with van der Waals surface area (Å²) >= 11 is 0. The Bertz CT molecular complexity index is 3180. The molecule has 0 radical (unpaired) electrons. The minimum absolute atomic E-state index is 0.00212. The van der Waals surface area contributed by atoms with E-state index in [9.17, 15) is 67.7 Å². The Labute approximate surface area is 593 Å². The summed E-state index contributed by atoms with van der Waals surface area (Å²) in [4.78, 5) is 180. The van der Waals surface area contributed by atoms with Crippen LogP contribution in [0.5, 0.6) is 5.75 Å². The maximum atomic E-state index is 14.8. The van der Waals surface area contributed by atoms with Gasteiger partial charge in [0.15, 0.2) is 17.9 Å². The van der Waals surface area contributed by atoms with Crippen LogP contribution in [0.4, 0.5) is 0 Å². The van der Waals surface area contributed by atoms with Gasteiger partial charge in [0, 0.05) is 39.0 Å². The van der Waals surface area contributed by atoms with Crippen LogP contribution in [0, 0.1) is 11.8 Å². The summed E-state index contributed by atoms with van der Waals surface area (Å²) in [6.45, 7) is 6.73. The molecule has 0 aliphatic carbocycles. The number of guanidine groups is 3. The van der Waals surface area contributed by atoms with Crippen molar-refractivity contribution in [2.24, 2.45) is 78.4 Å². The fourth-order valence-electron chi connectivity index (χ4n) is 11.0. The number of unbranched alkanes of at least 4 members (excludes halogenated alkanes) is 1. The van der Waals surface area contributed by atoms with E-state index in [1.165, 1.54) is 17.0 Å². The van der Waals surface area contributed by atoms with Crippen LogP contribution in [0.2, 0.25) is 0 Å². The molecule has 1 saturated heterocycles. The number of carbonyl (C=O) groups excluding carboxylic acids is 11. The number of aliphatic imine (C=N–C) groups is 3. The fourth-order valence-corrected chi connectivity index (χ4v) is 11.0. The van der Waals surface area contributed by atoms with Crippen molar-refractivity contribution in [1.29, 1.82) is 0 Å². The normalized spacial score (nSPS) is 15.4. The first kappa shape index (κ1) is 85.8. The highest BCUT2D eigenvalue weighted by molar-refractivity contribution is 5.99. The number of aliphatic carboxylic acids is 1. The van der Waals surface area contributed by atoms with Crippen LogP contribution in [-0.4, -0.2) is 204 Å². The van der Waals surface area contributed by atoms with E-state index < -0.39 is 157 Å². The molecule has 36 heteroatoms. The number of nitrogens with one attached hydrogen (secondary N) is 9. The maximum Gasteiger partial charge on any atom is 0.303 e. The topological polar surface area (TPSA) is 628 Å². The largest absolute Gasteiger partial charge is 0.508 e. The van der Waals surface area contributed by atoms with Gasteiger partial charge < -0.3 is 115 Å². The van der Waals surface area contributed by atoms with Crippen molar-refractivity contribution in [1.82, 2.24) is 52.8 Å². The lowest BCUT2D eigenvalue weighted by molar-refractivity contribution is -0.142. The lowest BCUT2D eigenvalue weighted by atomic mass is 9.96. The van der Waals surface area contributed by atoms with Crippen molar-refractivity contribution in [2.75, 3.05) is 39.3 Å². The molecule has 36 nitrogen and oxygen atoms in total. The number of carboxylic acids is 1. The molecule has 0 aromatic heterocycles. The van der Waals surface area contributed by atoms with E-state index in [1.807, 2.05) is 0 Å². The van der Waals surface area contributed by atoms with Crippen LogP contribution < -0.4 is 99.5 Å². The number of amides is 11. The number of likely N-dealkylation sites (tertiary alicyclic amines) is 1. The zero-order chi connectivity index (χ0) is 76.0. The van der Waals surface area contributed by atoms with Gasteiger partial charge in [-0.25, -0.2) is 0 Å². The smallest absolute Gasteiger partial charge is 0.303 e. The lowest BCUT2D eigenvalue weighted by Gasteiger charge is -2.32. The molecule has 2 aromatic carbocycles. The standard InChI is InChI=1S/C66H108N22O14/c1-5-38(4)53(62(101)84-47(20-13-31-78-66(74)75)63(102)88-32-14-21-50(88)61(100)81-43(54(69)93)17-9-10-28-67)87-58(97)45(19-12-30-77-65(72)73)82-56(95)44(18-11-29-76-64(70)71)83-59(98)48(33-37(2)3)85-60(99)49(35-39-15-7-6-8-16-39)86-57(96)46(26-27-52(91)92)80-51(90)36-79-55(94)42(68)34-40-22-24-41(89)25-23-40/h6-8,15-16,22-25,37-38,42-50,53,89H,5,9-14,17-21,26-36,67-68H2,1-4H3,(H2,69,93)(H,79,94)(H,80,90)(H,81,100)(H,82,95)(H,83,98)(H,84,101)(H,85,99)(H,86,96)(H,87,97)(H,91,92)(H4,70,71,76)(H4,72,73,77)(H4,74,75,78)/t38-,42-,43-,44-,45-,46+,47-,48-,49-,50-,53-/m0/s1. The highest BCUT2D eigenvalue weighted by Crippen LogP contribution is 2.22. The van der Waals surface area contributed by atoms with E-state index >= 15 is 0 Å². The van der Waals surface area contributed by atoms with E-state index in [0.717, 1.165) is 0 Å². The molecule has 0 saturated carbocycles. The van der Waals surface area contributed by atoms with E-state index in [-0.39, 0.29) is 126 Å². The van der Waals surface area contributed by atoms with Crippen molar-refractivity contribution in [3.63, 3.8) is 0 Å². The van der Waals surface area contributed by atoms with E-state index in [1.54, 1.807) is 70.2 Å². The first-order valence-corrected chi connectivity index (χ1v) is 34.3. The number of rotatable bonds is 47. The van der Waals surface area contributed by atoms with Crippen LogP contribution in [0.1, 0.15) is 135 Å². The quantitative estimate of drug-likeness (QED) is 0.0168. The minimum atomic E-state index is -1.58. The molecular formula is C66H108N22O14. The highest BCUT2D eigenvalue weighted by atomic mass is 16.4. The molecule has 102 heavy (non-hydrogen) atoms. The summed E-state index contributed by atoms with van der Waals surface area (Å²) in [6.07, 6.45) is 0.927. The number of hydrogen-bond donors (Lipinski definition) is 20. The third kappa shape index (κ3) is 32.3. The zero-order valence-corrected chi connectivity index (χ0v) is 58.7. The summed E-state index contributed by atoms with van der Waals surface area (Å²) in [5.41, 5.74) is 52.1. The van der Waals surface area contributed by atoms with Gasteiger partial charge in [-0.3, -0.25) is 72.5 Å². The molecule has 0 bridgehead atoms. The van der Waals surface area contributed by atoms with E-state index in [2.05, 4.69) is 62.8 Å². The molecule has 566 valence electrons. The van der Waals surface area contributed by atoms with E-state index in [4.69, 9.17) is 51.6 Å². The number of primary amides is 1. The van der Waals surface area contributed by atoms with Crippen molar-refractivity contribution in [2.45, 2.75) is 197 Å². The van der Waals surface area contributed by atoms with Gasteiger partial charge in [-0.05, 0) is 132 Å². The molecule has 1 fully saturated rings. The number of carbonyl (C=O) groups is 12. The Hall–Kier alpha value is -10.4. The van der Waals surface area contributed by atoms with Crippen LogP contribution in [0.3, 0.4) is 0 Å². The van der Waals surface area contributed by atoms with E-state index in [0.29, 0.717) is 43.4 Å². The molecule has 1 aliphatic heterocycles. The maximum absolute atomic E-state index is 14.8. The predicted molar refractivity (Wildman–Crippen MR) is 381 cm³/mol. The second kappa shape index (κ2) is 45.4. The first-order valence-electron chi connectivity index (χ1n) is 34.3. The van der Waals surface area contributed by atoms with Crippen LogP contribution in [-0.2, 0) is 70.4 Å². The average Bonchev–Trinajstić information content (AvgIpc) is 1.60. The number of nitrogens with two attached hydrogens (primary N) is 9. The summed E-state index contributed by atoms with van der Waals surface area (Å²) in [6, 6.07) is 1.01. The first-order chi connectivity index (χ1) is 48.3. The number of carboxylic acid groups (broad SMARTS) is 1. The second-order valence-corrected chi connectivity index (χ2v) is 25.5. The number of phenolic OH excluding ortho intramolecular Hbond substituents is 1. The highest BCUT2D eigenvalue weighted by Gasteiger charge is 2.41. The number of nitrogens with zero attached hydrogens (tertiary/aromatic N) is 4. The fraction of sp³-hybridized carbons (Fsp3) is 0.591. The number of hydrogen-bond acceptors (Lipinski definition) is 18. The Kier molecular flexibility index (Phi) is 38.2. The summed E-state index contributed by atoms with van der Waals surface area (Å²) < 4.78 is 0. The van der Waals surface area contributed by atoms with Crippen LogP contribution >= 0.6 is 0 Å².